The first-order chi connectivity index (χ1) is 14.3. The largest absolute Gasteiger partial charge is 0.302 e. The maximum absolute atomic E-state index is 13.0. The molecule has 4 rings (SSSR count). The highest BCUT2D eigenvalue weighted by molar-refractivity contribution is 7.90. The number of rotatable bonds is 5. The number of thiazole rings is 1. The Morgan fingerprint density at radius 1 is 1.29 bits per heavy atom. The summed E-state index contributed by atoms with van der Waals surface area (Å²) in [5.41, 5.74) is -0.390. The fraction of sp³-hybridized carbons (Fsp3) is 0.524. The van der Waals surface area contributed by atoms with Gasteiger partial charge in [-0.1, -0.05) is 32.1 Å². The number of aromatic nitrogens is 1. The lowest BCUT2D eigenvalue weighted by atomic mass is 9.62. The summed E-state index contributed by atoms with van der Waals surface area (Å²) in [5.74, 6) is -0.944. The van der Waals surface area contributed by atoms with Gasteiger partial charge in [-0.3, -0.25) is 19.3 Å². The van der Waals surface area contributed by atoms with Gasteiger partial charge in [0.05, 0.1) is 20.5 Å². The van der Waals surface area contributed by atoms with Crippen molar-refractivity contribution in [3.63, 3.8) is 0 Å². The van der Waals surface area contributed by atoms with Crippen LogP contribution in [0.3, 0.4) is 0 Å². The number of nitrogens with one attached hydrogen (secondary N) is 1. The summed E-state index contributed by atoms with van der Waals surface area (Å²) in [5, 5.41) is 3.04. The van der Waals surface area contributed by atoms with Crippen molar-refractivity contribution in [1.82, 2.24) is 9.88 Å². The fourth-order valence-electron chi connectivity index (χ4n) is 4.70. The van der Waals surface area contributed by atoms with Crippen molar-refractivity contribution < 1.29 is 22.8 Å². The van der Waals surface area contributed by atoms with E-state index < -0.39 is 15.3 Å². The zero-order valence-corrected chi connectivity index (χ0v) is 19.5. The number of nitrogens with zero attached hydrogens (tertiary/aromatic N) is 2. The molecule has 1 aromatic heterocycles. The Morgan fingerprint density at radius 3 is 2.68 bits per heavy atom. The van der Waals surface area contributed by atoms with E-state index >= 15 is 0 Å². The van der Waals surface area contributed by atoms with Gasteiger partial charge < -0.3 is 5.32 Å². The van der Waals surface area contributed by atoms with Crippen LogP contribution < -0.4 is 5.32 Å². The molecule has 3 amide bonds. The van der Waals surface area contributed by atoms with Gasteiger partial charge in [-0.05, 0) is 36.5 Å². The fourth-order valence-corrected chi connectivity index (χ4v) is 6.34. The Kier molecular flexibility index (Phi) is 5.01. The van der Waals surface area contributed by atoms with Crippen LogP contribution in [-0.2, 0) is 24.2 Å². The smallest absolute Gasteiger partial charge is 0.235 e. The molecule has 2 bridgehead atoms. The molecule has 1 N–H and O–H groups in total. The third-order valence-corrected chi connectivity index (χ3v) is 9.15. The first-order valence-electron chi connectivity index (χ1n) is 10.1. The zero-order valence-electron chi connectivity index (χ0n) is 17.9. The quantitative estimate of drug-likeness (QED) is 0.682. The van der Waals surface area contributed by atoms with Crippen molar-refractivity contribution >= 4 is 54.2 Å². The predicted octanol–water partition coefficient (Wildman–Crippen LogP) is 2.84. The van der Waals surface area contributed by atoms with Crippen LogP contribution in [0.25, 0.3) is 10.2 Å². The van der Waals surface area contributed by atoms with E-state index in [4.69, 9.17) is 0 Å². The Morgan fingerprint density at radius 2 is 2.00 bits per heavy atom. The second-order valence-electron chi connectivity index (χ2n) is 9.16. The number of amides is 3. The predicted molar refractivity (Wildman–Crippen MR) is 117 cm³/mol. The number of likely N-dealkylation sites (tertiary alicyclic amines) is 1. The molecule has 166 valence electrons. The van der Waals surface area contributed by atoms with E-state index in [-0.39, 0.29) is 46.9 Å². The van der Waals surface area contributed by atoms with Crippen LogP contribution in [0.2, 0.25) is 0 Å². The topological polar surface area (TPSA) is 114 Å². The zero-order chi connectivity index (χ0) is 22.8. The minimum atomic E-state index is -3.33. The summed E-state index contributed by atoms with van der Waals surface area (Å²) in [6.07, 6.45) is 2.48. The molecule has 8 nitrogen and oxygen atoms in total. The molecule has 1 aliphatic heterocycles. The van der Waals surface area contributed by atoms with Gasteiger partial charge >= 0.3 is 0 Å². The summed E-state index contributed by atoms with van der Waals surface area (Å²) < 4.78 is 24.1. The molecule has 2 fully saturated rings. The Labute approximate surface area is 184 Å². The van der Waals surface area contributed by atoms with Gasteiger partial charge in [-0.25, -0.2) is 13.4 Å². The molecule has 2 aliphatic rings. The van der Waals surface area contributed by atoms with Gasteiger partial charge in [0.15, 0.2) is 15.0 Å². The van der Waals surface area contributed by atoms with Gasteiger partial charge in [0, 0.05) is 25.1 Å². The number of anilines is 1. The van der Waals surface area contributed by atoms with Crippen molar-refractivity contribution in [2.24, 2.45) is 16.7 Å². The lowest BCUT2D eigenvalue weighted by Gasteiger charge is -2.47. The average Bonchev–Trinajstić information content (AvgIpc) is 3.14. The van der Waals surface area contributed by atoms with Crippen LogP contribution in [0.15, 0.2) is 23.1 Å². The first-order valence-corrected chi connectivity index (χ1v) is 12.8. The average molecular weight is 464 g/mol. The standard InChI is InChI=1S/C21H25N3O5S2/c1-20(2)13-7-9-21(20,3)18(27)24(17(13)26)10-8-16(25)23-19-22-14-6-5-12(31(4,28)29)11-15(14)30-19/h5-6,11,13H,7-10H2,1-4H3,(H,22,23,25). The van der Waals surface area contributed by atoms with E-state index in [0.717, 1.165) is 6.26 Å². The van der Waals surface area contributed by atoms with Crippen molar-refractivity contribution in [3.05, 3.63) is 18.2 Å². The highest BCUT2D eigenvalue weighted by Gasteiger charge is 2.64. The van der Waals surface area contributed by atoms with Crippen molar-refractivity contribution in [1.29, 1.82) is 0 Å². The number of imide groups is 1. The van der Waals surface area contributed by atoms with Gasteiger partial charge in [0.25, 0.3) is 0 Å². The van der Waals surface area contributed by atoms with Crippen LogP contribution in [0, 0.1) is 16.7 Å². The van der Waals surface area contributed by atoms with E-state index in [1.807, 2.05) is 20.8 Å². The minimum Gasteiger partial charge on any atom is -0.302 e. The minimum absolute atomic E-state index is 0.0226. The molecule has 2 aromatic rings. The second kappa shape index (κ2) is 7.09. The van der Waals surface area contributed by atoms with Gasteiger partial charge in [-0.2, -0.15) is 0 Å². The highest BCUT2D eigenvalue weighted by Crippen LogP contribution is 2.60. The summed E-state index contributed by atoms with van der Waals surface area (Å²) in [6, 6.07) is 4.61. The summed E-state index contributed by atoms with van der Waals surface area (Å²) in [6.45, 7) is 5.91. The lowest BCUT2D eigenvalue weighted by molar-refractivity contribution is -0.167. The molecule has 2 atom stereocenters. The third kappa shape index (κ3) is 3.45. The van der Waals surface area contributed by atoms with Crippen molar-refractivity contribution in [2.75, 3.05) is 18.1 Å². The number of carbonyl (C=O) groups excluding carboxylic acids is 3. The SMILES string of the molecule is CC12CCC(C(=O)N(CCC(=O)Nc3nc4ccc(S(C)(=O)=O)cc4s3)C1=O)C2(C)C. The normalized spacial score (nSPS) is 25.3. The summed E-state index contributed by atoms with van der Waals surface area (Å²) in [7, 11) is -3.33. The van der Waals surface area contributed by atoms with Crippen molar-refractivity contribution in [2.45, 2.75) is 44.9 Å². The molecule has 0 spiro atoms. The van der Waals surface area contributed by atoms with E-state index in [2.05, 4.69) is 10.3 Å². The van der Waals surface area contributed by atoms with Gasteiger partial charge in [0.1, 0.15) is 0 Å². The molecule has 1 aliphatic carbocycles. The monoisotopic (exact) mass is 463 g/mol. The summed E-state index contributed by atoms with van der Waals surface area (Å²) in [4.78, 5) is 44.1. The maximum Gasteiger partial charge on any atom is 0.235 e. The Balaban J connectivity index is 1.44. The molecule has 2 heterocycles. The van der Waals surface area contributed by atoms with E-state index in [1.165, 1.54) is 28.4 Å². The molecule has 31 heavy (non-hydrogen) atoms. The summed E-state index contributed by atoms with van der Waals surface area (Å²) >= 11 is 1.17. The highest BCUT2D eigenvalue weighted by atomic mass is 32.2. The molecular formula is C21H25N3O5S2. The molecular weight excluding hydrogens is 438 g/mol. The van der Waals surface area contributed by atoms with Crippen molar-refractivity contribution in [3.8, 4) is 0 Å². The number of sulfone groups is 1. The third-order valence-electron chi connectivity index (χ3n) is 7.10. The number of carbonyl (C=O) groups is 3. The Hall–Kier alpha value is -2.33. The molecule has 2 unspecified atom stereocenters. The van der Waals surface area contributed by atoms with Crippen LogP contribution >= 0.6 is 11.3 Å². The molecule has 0 radical (unpaired) electrons. The maximum atomic E-state index is 13.0. The molecule has 1 aromatic carbocycles. The number of fused-ring (bicyclic) bond motifs is 3. The van der Waals surface area contributed by atoms with Crippen LogP contribution in [0.4, 0.5) is 5.13 Å². The van der Waals surface area contributed by atoms with Crippen LogP contribution in [0.5, 0.6) is 0 Å². The van der Waals surface area contributed by atoms with Crippen LogP contribution in [-0.4, -0.2) is 48.8 Å². The molecule has 10 heteroatoms. The van der Waals surface area contributed by atoms with Gasteiger partial charge in [-0.15, -0.1) is 0 Å². The Bertz CT molecular complexity index is 1220. The van der Waals surface area contributed by atoms with E-state index in [1.54, 1.807) is 6.07 Å². The molecule has 1 saturated carbocycles. The van der Waals surface area contributed by atoms with Crippen LogP contribution in [0.1, 0.15) is 40.0 Å². The second-order valence-corrected chi connectivity index (χ2v) is 12.2. The first kappa shape index (κ1) is 21.9. The van der Waals surface area contributed by atoms with E-state index in [0.29, 0.717) is 28.2 Å². The number of benzene rings is 1. The number of hydrogen-bond donors (Lipinski definition) is 1. The molecule has 1 saturated heterocycles. The number of piperidine rings is 1. The van der Waals surface area contributed by atoms with Gasteiger partial charge in [0.2, 0.25) is 17.7 Å². The lowest BCUT2D eigenvalue weighted by Crippen LogP contribution is -2.59. The number of hydrogen-bond acceptors (Lipinski definition) is 7. The van der Waals surface area contributed by atoms with E-state index in [9.17, 15) is 22.8 Å².